The quantitative estimate of drug-likeness (QED) is 0.863. The molecule has 0 radical (unpaired) electrons. The maximum Gasteiger partial charge on any atom is 0.315 e. The largest absolute Gasteiger partial charge is 0.341 e. The van der Waals surface area contributed by atoms with Crippen molar-refractivity contribution in [3.8, 4) is 0 Å². The minimum atomic E-state index is -0.496. The summed E-state index contributed by atoms with van der Waals surface area (Å²) in [6, 6.07) is 9.45. The van der Waals surface area contributed by atoms with E-state index in [2.05, 4.69) is 10.6 Å². The van der Waals surface area contributed by atoms with Crippen LogP contribution >= 0.6 is 0 Å². The zero-order chi connectivity index (χ0) is 17.5. The number of carbonyl (C=O) groups is 2. The van der Waals surface area contributed by atoms with Crippen molar-refractivity contribution in [2.75, 3.05) is 13.1 Å². The zero-order valence-corrected chi connectivity index (χ0v) is 14.9. The van der Waals surface area contributed by atoms with Crippen LogP contribution in [0.5, 0.6) is 0 Å². The number of amides is 3. The van der Waals surface area contributed by atoms with Crippen LogP contribution in [0.15, 0.2) is 30.3 Å². The maximum atomic E-state index is 12.9. The number of benzene rings is 1. The van der Waals surface area contributed by atoms with E-state index < -0.39 is 6.04 Å². The Morgan fingerprint density at radius 3 is 2.36 bits per heavy atom. The van der Waals surface area contributed by atoms with Gasteiger partial charge in [0.15, 0.2) is 0 Å². The Hall–Kier alpha value is -2.04. The fourth-order valence-electron chi connectivity index (χ4n) is 3.84. The average Bonchev–Trinajstić information content (AvgIpc) is 3.17. The number of likely N-dealkylation sites (tertiary alicyclic amines) is 1. The monoisotopic (exact) mass is 343 g/mol. The lowest BCUT2D eigenvalue weighted by Gasteiger charge is -2.27. The van der Waals surface area contributed by atoms with E-state index in [1.165, 1.54) is 19.3 Å². The summed E-state index contributed by atoms with van der Waals surface area (Å²) in [5.41, 5.74) is 1.07. The molecule has 3 rings (SSSR count). The van der Waals surface area contributed by atoms with Crippen molar-refractivity contribution in [2.24, 2.45) is 0 Å². The minimum absolute atomic E-state index is 0.0418. The van der Waals surface area contributed by atoms with Gasteiger partial charge in [0.2, 0.25) is 5.91 Å². The van der Waals surface area contributed by atoms with Crippen molar-refractivity contribution < 1.29 is 9.59 Å². The summed E-state index contributed by atoms with van der Waals surface area (Å²) < 4.78 is 0. The zero-order valence-electron chi connectivity index (χ0n) is 14.9. The Balaban J connectivity index is 1.62. The van der Waals surface area contributed by atoms with Crippen LogP contribution in [0.3, 0.4) is 0 Å². The number of urea groups is 1. The molecule has 0 bridgehead atoms. The van der Waals surface area contributed by atoms with Gasteiger partial charge in [-0.1, -0.05) is 49.6 Å². The fraction of sp³-hybridized carbons (Fsp3) is 0.600. The molecule has 5 nitrogen and oxygen atoms in total. The predicted octanol–water partition coefficient (Wildman–Crippen LogP) is 2.85. The van der Waals surface area contributed by atoms with E-state index >= 15 is 0 Å². The molecule has 1 atom stereocenters. The first kappa shape index (κ1) is 17.8. The van der Waals surface area contributed by atoms with Crippen molar-refractivity contribution >= 4 is 11.9 Å². The Bertz CT molecular complexity index is 564. The Morgan fingerprint density at radius 1 is 1.00 bits per heavy atom. The molecule has 1 saturated heterocycles. The number of rotatable bonds is 5. The van der Waals surface area contributed by atoms with Gasteiger partial charge in [-0.15, -0.1) is 0 Å². The highest BCUT2D eigenvalue weighted by Gasteiger charge is 2.28. The molecule has 3 amide bonds. The maximum absolute atomic E-state index is 12.9. The van der Waals surface area contributed by atoms with Gasteiger partial charge in [-0.2, -0.15) is 0 Å². The second kappa shape index (κ2) is 8.88. The lowest BCUT2D eigenvalue weighted by Crippen LogP contribution is -2.53. The van der Waals surface area contributed by atoms with E-state index in [0.717, 1.165) is 44.3 Å². The molecule has 0 aromatic heterocycles. The first-order valence-electron chi connectivity index (χ1n) is 9.62. The Morgan fingerprint density at radius 2 is 1.68 bits per heavy atom. The lowest BCUT2D eigenvalue weighted by molar-refractivity contribution is -0.132. The van der Waals surface area contributed by atoms with Crippen LogP contribution in [0.25, 0.3) is 0 Å². The number of hydrogen-bond acceptors (Lipinski definition) is 2. The summed E-state index contributed by atoms with van der Waals surface area (Å²) in [7, 11) is 0. The molecule has 1 aliphatic heterocycles. The topological polar surface area (TPSA) is 61.4 Å². The average molecular weight is 343 g/mol. The third kappa shape index (κ3) is 5.21. The first-order valence-corrected chi connectivity index (χ1v) is 9.62. The number of hydrogen-bond donors (Lipinski definition) is 2. The van der Waals surface area contributed by atoms with Gasteiger partial charge in [0.1, 0.15) is 6.04 Å². The summed E-state index contributed by atoms with van der Waals surface area (Å²) in [4.78, 5) is 27.2. The van der Waals surface area contributed by atoms with Crippen molar-refractivity contribution in [2.45, 2.75) is 63.5 Å². The van der Waals surface area contributed by atoms with Crippen molar-refractivity contribution in [1.82, 2.24) is 15.5 Å². The molecule has 1 saturated carbocycles. The molecule has 0 spiro atoms. The van der Waals surface area contributed by atoms with Gasteiger partial charge in [0.05, 0.1) is 0 Å². The van der Waals surface area contributed by atoms with Gasteiger partial charge in [0.25, 0.3) is 0 Å². The van der Waals surface area contributed by atoms with Crippen LogP contribution in [-0.2, 0) is 11.2 Å². The highest BCUT2D eigenvalue weighted by Crippen LogP contribution is 2.17. The van der Waals surface area contributed by atoms with E-state index in [-0.39, 0.29) is 18.0 Å². The number of nitrogens with zero attached hydrogens (tertiary/aromatic N) is 1. The van der Waals surface area contributed by atoms with E-state index in [4.69, 9.17) is 0 Å². The molecule has 5 heteroatoms. The summed E-state index contributed by atoms with van der Waals surface area (Å²) in [5, 5.41) is 6.01. The van der Waals surface area contributed by atoms with E-state index in [1.807, 2.05) is 35.2 Å². The summed E-state index contributed by atoms with van der Waals surface area (Å²) in [6.45, 7) is 1.60. The summed E-state index contributed by atoms with van der Waals surface area (Å²) in [5.74, 6) is 0.0418. The van der Waals surface area contributed by atoms with Gasteiger partial charge in [-0.3, -0.25) is 4.79 Å². The molecule has 1 aromatic rings. The molecule has 1 aromatic carbocycles. The molecule has 1 aliphatic carbocycles. The number of nitrogens with one attached hydrogen (secondary N) is 2. The molecule has 2 fully saturated rings. The van der Waals surface area contributed by atoms with E-state index in [0.29, 0.717) is 6.42 Å². The number of carbonyl (C=O) groups excluding carboxylic acids is 2. The molecule has 2 N–H and O–H groups in total. The van der Waals surface area contributed by atoms with Crippen molar-refractivity contribution in [3.63, 3.8) is 0 Å². The van der Waals surface area contributed by atoms with Crippen LogP contribution in [0, 0.1) is 0 Å². The van der Waals surface area contributed by atoms with Gasteiger partial charge < -0.3 is 15.5 Å². The molecular formula is C20H29N3O2. The Kier molecular flexibility index (Phi) is 6.31. The van der Waals surface area contributed by atoms with Crippen LogP contribution in [0.2, 0.25) is 0 Å². The highest BCUT2D eigenvalue weighted by atomic mass is 16.2. The molecular weight excluding hydrogens is 314 g/mol. The van der Waals surface area contributed by atoms with Gasteiger partial charge in [-0.25, -0.2) is 4.79 Å². The van der Waals surface area contributed by atoms with Crippen LogP contribution in [0.1, 0.15) is 50.5 Å². The lowest BCUT2D eigenvalue weighted by atomic mass is 9.96. The third-order valence-corrected chi connectivity index (χ3v) is 5.24. The van der Waals surface area contributed by atoms with E-state index in [9.17, 15) is 9.59 Å². The smallest absolute Gasteiger partial charge is 0.315 e. The molecule has 25 heavy (non-hydrogen) atoms. The third-order valence-electron chi connectivity index (χ3n) is 5.24. The molecule has 136 valence electrons. The summed E-state index contributed by atoms with van der Waals surface area (Å²) in [6.07, 6.45) is 8.32. The Labute approximate surface area is 150 Å². The standard InChI is InChI=1S/C20H29N3O2/c24-19(23-13-7-8-14-23)18(15-16-9-3-1-4-10-16)22-20(25)21-17-11-5-2-6-12-17/h1,3-4,9-10,17-18H,2,5-8,11-15H2,(H2,21,22,25)/t18-/m0/s1. The fourth-order valence-corrected chi connectivity index (χ4v) is 3.84. The normalized spacial score (nSPS) is 19.4. The summed E-state index contributed by atoms with van der Waals surface area (Å²) >= 11 is 0. The highest BCUT2D eigenvalue weighted by molar-refractivity contribution is 5.87. The van der Waals surface area contributed by atoms with Gasteiger partial charge in [0, 0.05) is 25.6 Å². The second-order valence-corrected chi connectivity index (χ2v) is 7.23. The predicted molar refractivity (Wildman–Crippen MR) is 98.3 cm³/mol. The van der Waals surface area contributed by atoms with Crippen molar-refractivity contribution in [3.05, 3.63) is 35.9 Å². The SMILES string of the molecule is O=C(NC1CCCCC1)N[C@@H](Cc1ccccc1)C(=O)N1CCCC1. The van der Waals surface area contributed by atoms with Gasteiger partial charge in [-0.05, 0) is 31.2 Å². The first-order chi connectivity index (χ1) is 12.2. The van der Waals surface area contributed by atoms with Crippen molar-refractivity contribution in [1.29, 1.82) is 0 Å². The molecule has 1 heterocycles. The van der Waals surface area contributed by atoms with Crippen LogP contribution in [0.4, 0.5) is 4.79 Å². The van der Waals surface area contributed by atoms with Gasteiger partial charge >= 0.3 is 6.03 Å². The van der Waals surface area contributed by atoms with E-state index in [1.54, 1.807) is 0 Å². The van der Waals surface area contributed by atoms with Crippen LogP contribution in [-0.4, -0.2) is 42.0 Å². The second-order valence-electron chi connectivity index (χ2n) is 7.23. The van der Waals surface area contributed by atoms with Crippen LogP contribution < -0.4 is 10.6 Å². The minimum Gasteiger partial charge on any atom is -0.341 e. The molecule has 2 aliphatic rings. The molecule has 0 unspecified atom stereocenters.